The number of carbonyl (C=O) groups is 1. The Morgan fingerprint density at radius 3 is 2.29 bits per heavy atom. The first-order valence-electron chi connectivity index (χ1n) is 5.56. The van der Waals surface area contributed by atoms with Gasteiger partial charge in [0, 0.05) is 16.8 Å². The fraction of sp³-hybridized carbons (Fsp3) is 0.133. The van der Waals surface area contributed by atoms with Crippen LogP contribution in [-0.2, 0) is 0 Å². The molecular weight excluding hydrogens is 210 g/mol. The molecule has 2 nitrogen and oxygen atoms in total. The summed E-state index contributed by atoms with van der Waals surface area (Å²) in [6, 6.07) is 13.0. The Hall–Kier alpha value is -2.09. The van der Waals surface area contributed by atoms with E-state index in [1.807, 2.05) is 50.2 Å². The third kappa shape index (κ3) is 2.21. The standard InChI is InChI=1S/C15H15NO/c1-10-6-8-12(9-7-10)15(17)13-4-3-5-14(16)11(13)2/h3-9H,16H2,1-2H3. The van der Waals surface area contributed by atoms with Gasteiger partial charge in [0.1, 0.15) is 0 Å². The summed E-state index contributed by atoms with van der Waals surface area (Å²) in [4.78, 5) is 12.3. The van der Waals surface area contributed by atoms with Crippen molar-refractivity contribution in [3.8, 4) is 0 Å². The molecule has 0 spiro atoms. The van der Waals surface area contributed by atoms with E-state index in [1.54, 1.807) is 6.07 Å². The van der Waals surface area contributed by atoms with Gasteiger partial charge in [-0.15, -0.1) is 0 Å². The largest absolute Gasteiger partial charge is 0.398 e. The summed E-state index contributed by atoms with van der Waals surface area (Å²) in [6.45, 7) is 3.87. The van der Waals surface area contributed by atoms with Crippen LogP contribution in [0.2, 0.25) is 0 Å². The van der Waals surface area contributed by atoms with Gasteiger partial charge in [0.05, 0.1) is 0 Å². The second-order valence-electron chi connectivity index (χ2n) is 4.21. The average molecular weight is 225 g/mol. The molecule has 2 heteroatoms. The quantitative estimate of drug-likeness (QED) is 0.630. The van der Waals surface area contributed by atoms with Crippen LogP contribution in [0.15, 0.2) is 42.5 Å². The molecule has 0 unspecified atom stereocenters. The number of nitrogens with two attached hydrogens (primary N) is 1. The van der Waals surface area contributed by atoms with Gasteiger partial charge in [-0.1, -0.05) is 42.0 Å². The minimum absolute atomic E-state index is 0.0230. The highest BCUT2D eigenvalue weighted by Crippen LogP contribution is 2.19. The van der Waals surface area contributed by atoms with Crippen molar-refractivity contribution in [1.29, 1.82) is 0 Å². The maximum absolute atomic E-state index is 12.3. The molecule has 2 rings (SSSR count). The zero-order chi connectivity index (χ0) is 12.4. The molecule has 0 bridgehead atoms. The zero-order valence-electron chi connectivity index (χ0n) is 10.0. The number of hydrogen-bond donors (Lipinski definition) is 1. The van der Waals surface area contributed by atoms with Gasteiger partial charge >= 0.3 is 0 Å². The van der Waals surface area contributed by atoms with Gasteiger partial charge in [0.25, 0.3) is 0 Å². The van der Waals surface area contributed by atoms with E-state index in [4.69, 9.17) is 5.73 Å². The van der Waals surface area contributed by atoms with Gasteiger partial charge in [-0.25, -0.2) is 0 Å². The minimum atomic E-state index is 0.0230. The van der Waals surface area contributed by atoms with E-state index in [-0.39, 0.29) is 5.78 Å². The van der Waals surface area contributed by atoms with E-state index in [0.29, 0.717) is 16.8 Å². The molecule has 0 fully saturated rings. The van der Waals surface area contributed by atoms with Crippen LogP contribution < -0.4 is 5.73 Å². The molecule has 0 heterocycles. The van der Waals surface area contributed by atoms with Crippen LogP contribution in [0.3, 0.4) is 0 Å². The summed E-state index contributed by atoms with van der Waals surface area (Å²) in [7, 11) is 0. The van der Waals surface area contributed by atoms with Gasteiger partial charge < -0.3 is 5.73 Å². The molecule has 0 aliphatic carbocycles. The number of anilines is 1. The molecule has 0 aliphatic rings. The molecule has 0 saturated heterocycles. The molecule has 0 atom stereocenters. The Labute approximate surface area is 101 Å². The summed E-state index contributed by atoms with van der Waals surface area (Å²) in [5.74, 6) is 0.0230. The van der Waals surface area contributed by atoms with Crippen molar-refractivity contribution in [2.75, 3.05) is 5.73 Å². The molecule has 86 valence electrons. The SMILES string of the molecule is Cc1ccc(C(=O)c2cccc(N)c2C)cc1. The number of carbonyl (C=O) groups excluding carboxylic acids is 1. The lowest BCUT2D eigenvalue weighted by molar-refractivity contribution is 0.103. The Morgan fingerprint density at radius 1 is 1.00 bits per heavy atom. The van der Waals surface area contributed by atoms with Gasteiger partial charge in [-0.2, -0.15) is 0 Å². The number of nitrogen functional groups attached to an aromatic ring is 1. The van der Waals surface area contributed by atoms with Gasteiger partial charge in [-0.3, -0.25) is 4.79 Å². The number of rotatable bonds is 2. The third-order valence-electron chi connectivity index (χ3n) is 2.93. The fourth-order valence-electron chi connectivity index (χ4n) is 1.76. The molecule has 2 aromatic rings. The molecular formula is C15H15NO. The predicted molar refractivity (Wildman–Crippen MR) is 70.2 cm³/mol. The third-order valence-corrected chi connectivity index (χ3v) is 2.93. The van der Waals surface area contributed by atoms with Crippen molar-refractivity contribution in [3.05, 3.63) is 64.7 Å². The second-order valence-corrected chi connectivity index (χ2v) is 4.21. The van der Waals surface area contributed by atoms with Crippen LogP contribution in [0.4, 0.5) is 5.69 Å². The van der Waals surface area contributed by atoms with Crippen LogP contribution in [0.1, 0.15) is 27.0 Å². The lowest BCUT2D eigenvalue weighted by Gasteiger charge is -2.07. The first kappa shape index (κ1) is 11.4. The molecule has 0 saturated carbocycles. The van der Waals surface area contributed by atoms with Crippen molar-refractivity contribution >= 4 is 11.5 Å². The number of ketones is 1. The summed E-state index contributed by atoms with van der Waals surface area (Å²) >= 11 is 0. The van der Waals surface area contributed by atoms with E-state index in [0.717, 1.165) is 11.1 Å². The maximum atomic E-state index is 12.3. The smallest absolute Gasteiger partial charge is 0.193 e. The van der Waals surface area contributed by atoms with Crippen LogP contribution in [0.5, 0.6) is 0 Å². The molecule has 2 N–H and O–H groups in total. The lowest BCUT2D eigenvalue weighted by Crippen LogP contribution is -2.05. The van der Waals surface area contributed by atoms with E-state index in [2.05, 4.69) is 0 Å². The predicted octanol–water partition coefficient (Wildman–Crippen LogP) is 3.12. The highest BCUT2D eigenvalue weighted by atomic mass is 16.1. The second kappa shape index (κ2) is 4.42. The lowest BCUT2D eigenvalue weighted by atomic mass is 9.97. The fourth-order valence-corrected chi connectivity index (χ4v) is 1.76. The van der Waals surface area contributed by atoms with E-state index >= 15 is 0 Å². The molecule has 0 aromatic heterocycles. The van der Waals surface area contributed by atoms with Crippen LogP contribution in [0.25, 0.3) is 0 Å². The topological polar surface area (TPSA) is 43.1 Å². The molecule has 2 aromatic carbocycles. The van der Waals surface area contributed by atoms with E-state index < -0.39 is 0 Å². The van der Waals surface area contributed by atoms with Crippen molar-refractivity contribution in [2.45, 2.75) is 13.8 Å². The average Bonchev–Trinajstić information content (AvgIpc) is 2.33. The first-order valence-corrected chi connectivity index (χ1v) is 5.56. The highest BCUT2D eigenvalue weighted by Gasteiger charge is 2.12. The maximum Gasteiger partial charge on any atom is 0.193 e. The Kier molecular flexibility index (Phi) is 2.96. The molecule has 0 amide bonds. The Balaban J connectivity index is 2.44. The number of benzene rings is 2. The Morgan fingerprint density at radius 2 is 1.65 bits per heavy atom. The summed E-state index contributed by atoms with van der Waals surface area (Å²) in [5.41, 5.74) is 9.83. The number of aryl methyl sites for hydroxylation is 1. The monoisotopic (exact) mass is 225 g/mol. The van der Waals surface area contributed by atoms with E-state index in [1.165, 1.54) is 0 Å². The van der Waals surface area contributed by atoms with Crippen LogP contribution >= 0.6 is 0 Å². The Bertz CT molecular complexity index is 556. The summed E-state index contributed by atoms with van der Waals surface area (Å²) < 4.78 is 0. The summed E-state index contributed by atoms with van der Waals surface area (Å²) in [5, 5.41) is 0. The number of hydrogen-bond acceptors (Lipinski definition) is 2. The van der Waals surface area contributed by atoms with Crippen molar-refractivity contribution in [3.63, 3.8) is 0 Å². The van der Waals surface area contributed by atoms with Gasteiger partial charge in [-0.05, 0) is 25.5 Å². The van der Waals surface area contributed by atoms with Crippen molar-refractivity contribution in [2.24, 2.45) is 0 Å². The van der Waals surface area contributed by atoms with Crippen molar-refractivity contribution < 1.29 is 4.79 Å². The van der Waals surface area contributed by atoms with Gasteiger partial charge in [0.15, 0.2) is 5.78 Å². The summed E-state index contributed by atoms with van der Waals surface area (Å²) in [6.07, 6.45) is 0. The minimum Gasteiger partial charge on any atom is -0.398 e. The highest BCUT2D eigenvalue weighted by molar-refractivity contribution is 6.10. The molecule has 17 heavy (non-hydrogen) atoms. The van der Waals surface area contributed by atoms with Crippen molar-refractivity contribution in [1.82, 2.24) is 0 Å². The first-order chi connectivity index (χ1) is 8.09. The normalized spacial score (nSPS) is 10.2. The molecule has 0 aliphatic heterocycles. The van der Waals surface area contributed by atoms with Crippen LogP contribution in [-0.4, -0.2) is 5.78 Å². The van der Waals surface area contributed by atoms with Crippen LogP contribution in [0, 0.1) is 13.8 Å². The van der Waals surface area contributed by atoms with Gasteiger partial charge in [0.2, 0.25) is 0 Å². The molecule has 0 radical (unpaired) electrons. The zero-order valence-corrected chi connectivity index (χ0v) is 10.0. The van der Waals surface area contributed by atoms with E-state index in [9.17, 15) is 4.79 Å².